The zero-order chi connectivity index (χ0) is 27.7. The third-order valence-corrected chi connectivity index (χ3v) is 10.3. The summed E-state index contributed by atoms with van der Waals surface area (Å²) >= 11 is 1.21. The Morgan fingerprint density at radius 2 is 1.85 bits per heavy atom. The number of aromatic nitrogens is 5. The summed E-state index contributed by atoms with van der Waals surface area (Å²) in [6.07, 6.45) is 6.61. The van der Waals surface area contributed by atoms with Gasteiger partial charge in [0.2, 0.25) is 0 Å². The minimum absolute atomic E-state index is 0.0789. The molecule has 0 bridgehead atoms. The topological polar surface area (TPSA) is 130 Å². The third-order valence-electron chi connectivity index (χ3n) is 6.83. The zero-order valence-electron chi connectivity index (χ0n) is 22.1. The first kappa shape index (κ1) is 26.4. The monoisotopic (exact) mass is 576 g/mol. The van der Waals surface area contributed by atoms with E-state index in [4.69, 9.17) is 4.52 Å². The van der Waals surface area contributed by atoms with Crippen LogP contribution in [0.1, 0.15) is 12.6 Å². The highest BCUT2D eigenvalue weighted by Gasteiger charge is 2.30. The predicted molar refractivity (Wildman–Crippen MR) is 153 cm³/mol. The third kappa shape index (κ3) is 5.32. The van der Waals surface area contributed by atoms with Crippen molar-refractivity contribution in [2.75, 3.05) is 38.0 Å². The number of fused-ring (bicyclic) bond motifs is 1. The van der Waals surface area contributed by atoms with Crippen LogP contribution in [-0.4, -0.2) is 81.5 Å². The molecular formula is C27H28N8O3S2. The largest absolute Gasteiger partial charge is 0.366 e. The number of anilines is 1. The fourth-order valence-electron chi connectivity index (χ4n) is 4.89. The van der Waals surface area contributed by atoms with Gasteiger partial charge < -0.3 is 9.84 Å². The molecule has 4 aromatic heterocycles. The molecule has 0 aliphatic carbocycles. The molecule has 6 rings (SSSR count). The molecular weight excluding hydrogens is 548 g/mol. The molecule has 5 heterocycles. The van der Waals surface area contributed by atoms with Gasteiger partial charge in [-0.05, 0) is 32.0 Å². The molecule has 5 aromatic rings. The summed E-state index contributed by atoms with van der Waals surface area (Å²) in [6.45, 7) is 6.84. The van der Waals surface area contributed by atoms with Crippen LogP contribution in [0.25, 0.3) is 32.7 Å². The summed E-state index contributed by atoms with van der Waals surface area (Å²) in [5, 5.41) is 8.34. The van der Waals surface area contributed by atoms with E-state index in [9.17, 15) is 8.42 Å². The molecule has 0 spiro atoms. The second-order valence-corrected chi connectivity index (χ2v) is 13.0. The van der Waals surface area contributed by atoms with Gasteiger partial charge in [-0.15, -0.1) is 11.3 Å². The molecule has 1 aliphatic heterocycles. The molecule has 11 nitrogen and oxygen atoms in total. The Labute approximate surface area is 236 Å². The summed E-state index contributed by atoms with van der Waals surface area (Å²) in [5.74, 6) is 1.34. The molecule has 206 valence electrons. The van der Waals surface area contributed by atoms with Gasteiger partial charge in [-0.25, -0.2) is 28.4 Å². The van der Waals surface area contributed by atoms with Gasteiger partial charge >= 0.3 is 0 Å². The first-order valence-corrected chi connectivity index (χ1v) is 15.2. The fraction of sp³-hybridized carbons (Fsp3) is 0.296. The number of hydrogen-bond acceptors (Lipinski definition) is 11. The van der Waals surface area contributed by atoms with Gasteiger partial charge in [0.25, 0.3) is 10.0 Å². The van der Waals surface area contributed by atoms with Crippen molar-refractivity contribution in [3.05, 3.63) is 67.1 Å². The van der Waals surface area contributed by atoms with E-state index in [1.807, 2.05) is 25.1 Å². The summed E-state index contributed by atoms with van der Waals surface area (Å²) in [4.78, 5) is 20.3. The number of aryl methyl sites for hydroxylation is 1. The van der Waals surface area contributed by atoms with Crippen LogP contribution in [0.2, 0.25) is 0 Å². The number of hydrogen-bond donors (Lipinski definition) is 1. The molecule has 40 heavy (non-hydrogen) atoms. The highest BCUT2D eigenvalue weighted by Crippen LogP contribution is 2.33. The van der Waals surface area contributed by atoms with E-state index in [0.717, 1.165) is 45.0 Å². The Hall–Kier alpha value is -3.78. The number of nitrogens with one attached hydrogen (secondary N) is 1. The molecule has 1 aliphatic rings. The fourth-order valence-corrected chi connectivity index (χ4v) is 7.72. The van der Waals surface area contributed by atoms with Crippen LogP contribution < -0.4 is 5.32 Å². The number of nitrogens with zero attached hydrogens (tertiary/aromatic N) is 7. The standard InChI is InChI=1S/C27H28N8O3S2/c1-18-12-23(38-33-18)24-6-7-25(39-24)40(36,37)35-10-8-34(9-11-35)15-19(2)32-27-22-5-3-4-21(26(22)30-17-31-27)20-13-28-16-29-14-20/h3-7,12-14,16-17,19H,8-11,15H2,1-2H3,(H,30,31,32). The van der Waals surface area contributed by atoms with Gasteiger partial charge in [-0.2, -0.15) is 4.31 Å². The van der Waals surface area contributed by atoms with Crippen LogP contribution in [-0.2, 0) is 10.0 Å². The van der Waals surface area contributed by atoms with Crippen LogP contribution in [0, 0.1) is 6.92 Å². The van der Waals surface area contributed by atoms with Crippen molar-refractivity contribution in [3.8, 4) is 21.8 Å². The number of rotatable bonds is 8. The SMILES string of the molecule is Cc1cc(-c2ccc(S(=O)(=O)N3CCN(CC(C)Nc4ncnc5c(-c6cncnc6)cccc45)CC3)s2)on1. The molecule has 1 saturated heterocycles. The summed E-state index contributed by atoms with van der Waals surface area (Å²) in [5.41, 5.74) is 3.43. The van der Waals surface area contributed by atoms with Crippen LogP contribution in [0.15, 0.2) is 70.2 Å². The highest BCUT2D eigenvalue weighted by atomic mass is 32.2. The molecule has 1 atom stereocenters. The number of piperazine rings is 1. The maximum Gasteiger partial charge on any atom is 0.252 e. The van der Waals surface area contributed by atoms with E-state index in [0.29, 0.717) is 36.1 Å². The zero-order valence-corrected chi connectivity index (χ0v) is 23.7. The Kier molecular flexibility index (Phi) is 7.27. The minimum atomic E-state index is -3.57. The van der Waals surface area contributed by atoms with E-state index in [1.165, 1.54) is 17.7 Å². The van der Waals surface area contributed by atoms with Crippen molar-refractivity contribution in [1.29, 1.82) is 0 Å². The molecule has 0 amide bonds. The highest BCUT2D eigenvalue weighted by molar-refractivity contribution is 7.91. The van der Waals surface area contributed by atoms with Gasteiger partial charge in [-0.1, -0.05) is 17.3 Å². The smallest absolute Gasteiger partial charge is 0.252 e. The lowest BCUT2D eigenvalue weighted by Gasteiger charge is -2.35. The average Bonchev–Trinajstić information content (AvgIpc) is 3.64. The minimum Gasteiger partial charge on any atom is -0.366 e. The Morgan fingerprint density at radius 3 is 2.60 bits per heavy atom. The Bertz CT molecular complexity index is 1730. The lowest BCUT2D eigenvalue weighted by Crippen LogP contribution is -2.50. The van der Waals surface area contributed by atoms with Crippen molar-refractivity contribution in [2.24, 2.45) is 0 Å². The molecule has 1 fully saturated rings. The molecule has 13 heteroatoms. The summed E-state index contributed by atoms with van der Waals surface area (Å²) in [7, 11) is -3.57. The molecule has 1 N–H and O–H groups in total. The van der Waals surface area contributed by atoms with Crippen LogP contribution >= 0.6 is 11.3 Å². The van der Waals surface area contributed by atoms with Gasteiger partial charge in [0.05, 0.1) is 16.1 Å². The van der Waals surface area contributed by atoms with Crippen molar-refractivity contribution >= 4 is 38.1 Å². The van der Waals surface area contributed by atoms with Gasteiger partial charge in [-0.3, -0.25) is 4.90 Å². The number of sulfonamides is 1. The second-order valence-electron chi connectivity index (χ2n) is 9.75. The van der Waals surface area contributed by atoms with Crippen LogP contribution in [0.3, 0.4) is 0 Å². The summed E-state index contributed by atoms with van der Waals surface area (Å²) < 4.78 is 33.8. The van der Waals surface area contributed by atoms with Gasteiger partial charge in [0.15, 0.2) is 5.76 Å². The number of benzene rings is 1. The number of para-hydroxylation sites is 1. The van der Waals surface area contributed by atoms with E-state index in [1.54, 1.807) is 41.2 Å². The summed E-state index contributed by atoms with van der Waals surface area (Å²) in [6, 6.07) is 11.3. The molecule has 0 radical (unpaired) electrons. The first-order valence-electron chi connectivity index (χ1n) is 12.9. The maximum atomic E-state index is 13.3. The second kappa shape index (κ2) is 11.0. The average molecular weight is 577 g/mol. The lowest BCUT2D eigenvalue weighted by atomic mass is 10.0. The first-order chi connectivity index (χ1) is 19.4. The molecule has 1 aromatic carbocycles. The van der Waals surface area contributed by atoms with E-state index < -0.39 is 10.0 Å². The van der Waals surface area contributed by atoms with Crippen molar-refractivity contribution in [1.82, 2.24) is 34.3 Å². The molecule has 1 unspecified atom stereocenters. The Morgan fingerprint density at radius 1 is 1.05 bits per heavy atom. The van der Waals surface area contributed by atoms with E-state index in [2.05, 4.69) is 42.2 Å². The van der Waals surface area contributed by atoms with Gasteiger partial charge in [0.1, 0.15) is 22.7 Å². The van der Waals surface area contributed by atoms with Crippen molar-refractivity contribution in [2.45, 2.75) is 24.1 Å². The van der Waals surface area contributed by atoms with Crippen molar-refractivity contribution in [3.63, 3.8) is 0 Å². The quantitative estimate of drug-likeness (QED) is 0.290. The Balaban J connectivity index is 1.09. The van der Waals surface area contributed by atoms with Gasteiger partial charge in [0, 0.05) is 73.7 Å². The normalized spacial score (nSPS) is 15.8. The van der Waals surface area contributed by atoms with E-state index >= 15 is 0 Å². The van der Waals surface area contributed by atoms with Crippen molar-refractivity contribution < 1.29 is 12.9 Å². The predicted octanol–water partition coefficient (Wildman–Crippen LogP) is 3.92. The molecule has 0 saturated carbocycles. The van der Waals surface area contributed by atoms with E-state index in [-0.39, 0.29) is 6.04 Å². The van der Waals surface area contributed by atoms with Crippen LogP contribution in [0.5, 0.6) is 0 Å². The maximum absolute atomic E-state index is 13.3. The lowest BCUT2D eigenvalue weighted by molar-refractivity contribution is 0.184. The van der Waals surface area contributed by atoms with Crippen LogP contribution in [0.4, 0.5) is 5.82 Å². The number of thiophene rings is 1.